The molecule has 0 aliphatic carbocycles. The fraction of sp³-hybridized carbons (Fsp3) is 0.800. The molecule has 11 heavy (non-hydrogen) atoms. The summed E-state index contributed by atoms with van der Waals surface area (Å²) in [5, 5.41) is 8.12. The van der Waals surface area contributed by atoms with Gasteiger partial charge in [-0.3, -0.25) is 0 Å². The Morgan fingerprint density at radius 1 is 1.55 bits per heavy atom. The molecule has 0 unspecified atom stereocenters. The maximum atomic E-state index is 11.0. The highest BCUT2D eigenvalue weighted by molar-refractivity contribution is 8.79. The fourth-order valence-corrected chi connectivity index (χ4v) is 2.03. The average Bonchev–Trinajstić information content (AvgIpc) is 1.88. The molecule has 0 saturated carbocycles. The van der Waals surface area contributed by atoms with Crippen LogP contribution in [-0.2, 0) is 9.06 Å². The summed E-state index contributed by atoms with van der Waals surface area (Å²) >= 11 is 0. The largest absolute Gasteiger partial charge is 0.244 e. The van der Waals surface area contributed by atoms with E-state index >= 15 is 0 Å². The summed E-state index contributed by atoms with van der Waals surface area (Å²) in [6.07, 6.45) is 3.54. The number of hydrogen-bond donors (Lipinski definition) is 2. The van der Waals surface area contributed by atoms with Gasteiger partial charge in [-0.25, -0.2) is 13.1 Å². The first-order valence-electron chi connectivity index (χ1n) is 3.05. The van der Waals surface area contributed by atoms with Crippen LogP contribution in [0, 0.1) is 11.3 Å². The average molecular weight is 196 g/mol. The minimum absolute atomic E-state index is 0.222. The van der Waals surface area contributed by atoms with Crippen LogP contribution in [0.1, 0.15) is 6.42 Å². The summed E-state index contributed by atoms with van der Waals surface area (Å²) in [5.74, 6) is 0. The minimum Gasteiger partial charge on any atom is -0.207 e. The van der Waals surface area contributed by atoms with Gasteiger partial charge in [-0.05, 0) is 12.5 Å². The zero-order chi connectivity index (χ0) is 8.91. The molecule has 66 valence electrons. The van der Waals surface area contributed by atoms with Crippen LogP contribution < -0.4 is 4.72 Å². The predicted octanol–water partition coefficient (Wildman–Crippen LogP) is -0.00472. The van der Waals surface area contributed by atoms with Crippen molar-refractivity contribution in [2.45, 2.75) is 6.42 Å². The second-order valence-electron chi connectivity index (χ2n) is 2.09. The van der Waals surface area contributed by atoms with Gasteiger partial charge in [0.2, 0.25) is 9.06 Å². The molecule has 4 nitrogen and oxygen atoms in total. The number of thiol groups is 1. The molecule has 0 bridgehead atoms. The van der Waals surface area contributed by atoms with Gasteiger partial charge in [0, 0.05) is 13.0 Å². The fourth-order valence-electron chi connectivity index (χ4n) is 0.365. The number of nitrogens with zero attached hydrogens (tertiary/aromatic N) is 1. The molecule has 0 aliphatic heterocycles. The predicted molar refractivity (Wildman–Crippen MR) is 48.0 cm³/mol. The molecule has 0 aliphatic rings. The van der Waals surface area contributed by atoms with Crippen molar-refractivity contribution in [1.29, 1.82) is 5.26 Å². The number of nitrogens with one attached hydrogen (secondary N) is 1. The van der Waals surface area contributed by atoms with E-state index in [2.05, 4.69) is 4.72 Å². The Balaban J connectivity index is 3.87. The molecule has 0 aromatic heterocycles. The van der Waals surface area contributed by atoms with E-state index in [0.717, 1.165) is 0 Å². The van der Waals surface area contributed by atoms with E-state index in [0.29, 0.717) is 0 Å². The number of nitriles is 1. The molecule has 0 saturated heterocycles. The van der Waals surface area contributed by atoms with Crippen LogP contribution in [0.15, 0.2) is 0 Å². The number of rotatable bonds is 4. The molecular weight excluding hydrogens is 184 g/mol. The van der Waals surface area contributed by atoms with Crippen LogP contribution in [-0.4, -0.2) is 27.5 Å². The van der Waals surface area contributed by atoms with Crippen LogP contribution >= 0.6 is 9.93 Å². The molecule has 0 heterocycles. The smallest absolute Gasteiger partial charge is 0.207 e. The topological polar surface area (TPSA) is 70.0 Å². The molecular formula is C5H12N2O2S2. The molecule has 0 amide bonds. The van der Waals surface area contributed by atoms with Crippen molar-refractivity contribution >= 4 is 19.0 Å². The standard InChI is InChI=1S/C5H12N2O2S2/c1-10(2)11(8,9)7-5-3-4-6/h7,10H,3,5H2,1-2H3. The SMILES string of the molecule is C[SH](C)S(=O)(=O)NCCC#N. The summed E-state index contributed by atoms with van der Waals surface area (Å²) in [4.78, 5) is 0. The van der Waals surface area contributed by atoms with Gasteiger partial charge in [0.25, 0.3) is 0 Å². The highest BCUT2D eigenvalue weighted by atomic mass is 33.2. The van der Waals surface area contributed by atoms with E-state index in [-0.39, 0.29) is 13.0 Å². The van der Waals surface area contributed by atoms with E-state index in [4.69, 9.17) is 5.26 Å². The van der Waals surface area contributed by atoms with Gasteiger partial charge < -0.3 is 0 Å². The van der Waals surface area contributed by atoms with Crippen LogP contribution in [0.4, 0.5) is 0 Å². The van der Waals surface area contributed by atoms with Crippen molar-refractivity contribution in [2.75, 3.05) is 19.1 Å². The third-order valence-electron chi connectivity index (χ3n) is 1.00. The van der Waals surface area contributed by atoms with Gasteiger partial charge in [-0.1, -0.05) is 0 Å². The van der Waals surface area contributed by atoms with Crippen LogP contribution in [0.2, 0.25) is 0 Å². The molecule has 1 N–H and O–H groups in total. The quantitative estimate of drug-likeness (QED) is 0.377. The van der Waals surface area contributed by atoms with Crippen LogP contribution in [0.5, 0.6) is 0 Å². The molecule has 0 fully saturated rings. The highest BCUT2D eigenvalue weighted by Crippen LogP contribution is 2.21. The van der Waals surface area contributed by atoms with Crippen LogP contribution in [0.3, 0.4) is 0 Å². The summed E-state index contributed by atoms with van der Waals surface area (Å²) in [6.45, 7) is 0.222. The van der Waals surface area contributed by atoms with Crippen LogP contribution in [0.25, 0.3) is 0 Å². The third-order valence-corrected chi connectivity index (χ3v) is 5.80. The van der Waals surface area contributed by atoms with Gasteiger partial charge in [0.1, 0.15) is 0 Å². The Kier molecular flexibility index (Phi) is 4.49. The summed E-state index contributed by atoms with van der Waals surface area (Å²) < 4.78 is 24.4. The first-order chi connectivity index (χ1) is 5.00. The Morgan fingerprint density at radius 3 is 2.45 bits per heavy atom. The molecule has 0 aromatic rings. The number of hydrogen-bond acceptors (Lipinski definition) is 3. The molecule has 0 spiro atoms. The third kappa shape index (κ3) is 4.24. The van der Waals surface area contributed by atoms with Crippen molar-refractivity contribution in [2.24, 2.45) is 0 Å². The van der Waals surface area contributed by atoms with Gasteiger partial charge >= 0.3 is 0 Å². The van der Waals surface area contributed by atoms with Crippen molar-refractivity contribution < 1.29 is 8.42 Å². The van der Waals surface area contributed by atoms with E-state index in [9.17, 15) is 8.42 Å². The van der Waals surface area contributed by atoms with Gasteiger partial charge in [-0.2, -0.15) is 5.26 Å². The van der Waals surface area contributed by atoms with E-state index < -0.39 is 19.0 Å². The Labute approximate surface area is 69.4 Å². The zero-order valence-electron chi connectivity index (χ0n) is 6.53. The van der Waals surface area contributed by atoms with Crippen molar-refractivity contribution in [3.8, 4) is 6.07 Å². The Morgan fingerprint density at radius 2 is 2.09 bits per heavy atom. The summed E-state index contributed by atoms with van der Waals surface area (Å²) in [7, 11) is -4.12. The highest BCUT2D eigenvalue weighted by Gasteiger charge is 2.09. The molecule has 0 radical (unpaired) electrons. The second kappa shape index (κ2) is 4.59. The van der Waals surface area contributed by atoms with E-state index in [1.165, 1.54) is 0 Å². The lowest BCUT2D eigenvalue weighted by Gasteiger charge is -2.10. The van der Waals surface area contributed by atoms with Gasteiger partial charge in [0.05, 0.1) is 6.07 Å². The van der Waals surface area contributed by atoms with E-state index in [1.807, 2.05) is 6.07 Å². The molecule has 0 atom stereocenters. The minimum atomic E-state index is -3.11. The van der Waals surface area contributed by atoms with Gasteiger partial charge in [-0.15, -0.1) is 9.93 Å². The molecule has 0 rings (SSSR count). The van der Waals surface area contributed by atoms with Crippen molar-refractivity contribution in [3.63, 3.8) is 0 Å². The first kappa shape index (κ1) is 10.8. The second-order valence-corrected chi connectivity index (χ2v) is 8.59. The maximum Gasteiger partial charge on any atom is 0.244 e. The lowest BCUT2D eigenvalue weighted by molar-refractivity contribution is 0.597. The summed E-state index contributed by atoms with van der Waals surface area (Å²) in [6, 6.07) is 1.86. The lowest BCUT2D eigenvalue weighted by Crippen LogP contribution is -2.23. The maximum absolute atomic E-state index is 11.0. The van der Waals surface area contributed by atoms with Crippen molar-refractivity contribution in [3.05, 3.63) is 0 Å². The monoisotopic (exact) mass is 196 g/mol. The Hall–Kier alpha value is -0.250. The van der Waals surface area contributed by atoms with Gasteiger partial charge in [0.15, 0.2) is 0 Å². The molecule has 0 aromatic carbocycles. The zero-order valence-corrected chi connectivity index (χ0v) is 8.24. The van der Waals surface area contributed by atoms with E-state index in [1.54, 1.807) is 12.5 Å². The Bertz CT molecular complexity index is 240. The lowest BCUT2D eigenvalue weighted by atomic mass is 10.5. The van der Waals surface area contributed by atoms with Crippen molar-refractivity contribution in [1.82, 2.24) is 4.72 Å². The normalized spacial score (nSPS) is 12.3. The molecule has 6 heteroatoms. The first-order valence-corrected chi connectivity index (χ1v) is 7.37. The summed E-state index contributed by atoms with van der Waals surface area (Å²) in [5.41, 5.74) is 0.